The summed E-state index contributed by atoms with van der Waals surface area (Å²) < 4.78 is 0. The molecule has 0 atom stereocenters. The van der Waals surface area contributed by atoms with Crippen LogP contribution in [0.3, 0.4) is 0 Å². The molecule has 0 amide bonds. The molecule has 2 heterocycles. The van der Waals surface area contributed by atoms with Gasteiger partial charge in [0.15, 0.2) is 0 Å². The molecule has 5 heteroatoms. The Morgan fingerprint density at radius 3 is 2.30 bits per heavy atom. The van der Waals surface area contributed by atoms with Crippen LogP contribution in [0.2, 0.25) is 0 Å². The molecule has 1 aliphatic heterocycles. The largest absolute Gasteiger partial charge is 0.352 e. The smallest absolute Gasteiger partial charge is 0.243 e. The Labute approximate surface area is 122 Å². The molecule has 1 fully saturated rings. The number of aromatic nitrogens is 3. The quantitative estimate of drug-likeness (QED) is 0.864. The van der Waals surface area contributed by atoms with Crippen LogP contribution < -0.4 is 5.32 Å². The van der Waals surface area contributed by atoms with Gasteiger partial charge >= 0.3 is 0 Å². The van der Waals surface area contributed by atoms with Crippen molar-refractivity contribution >= 4 is 5.95 Å². The van der Waals surface area contributed by atoms with Gasteiger partial charge in [-0.25, -0.2) is 4.98 Å². The number of rotatable bonds is 6. The molecule has 0 aliphatic carbocycles. The van der Waals surface area contributed by atoms with E-state index in [1.165, 1.54) is 38.8 Å². The van der Waals surface area contributed by atoms with Gasteiger partial charge < -0.3 is 10.2 Å². The van der Waals surface area contributed by atoms with Crippen LogP contribution in [0.4, 0.5) is 5.95 Å². The van der Waals surface area contributed by atoms with E-state index in [1.54, 1.807) is 0 Å². The maximum atomic E-state index is 4.56. The molecule has 0 unspecified atom stereocenters. The lowest BCUT2D eigenvalue weighted by Crippen LogP contribution is -2.30. The SMILES string of the molecule is CCc1nnc(NCCN2CCCCCC2)nc1CC. The number of nitrogens with zero attached hydrogens (tertiary/aromatic N) is 4. The Kier molecular flexibility index (Phi) is 6.18. The average Bonchev–Trinajstić information content (AvgIpc) is 2.76. The molecule has 112 valence electrons. The van der Waals surface area contributed by atoms with Crippen molar-refractivity contribution in [1.82, 2.24) is 20.1 Å². The molecule has 1 saturated heterocycles. The molecule has 0 aromatic carbocycles. The number of hydrogen-bond acceptors (Lipinski definition) is 5. The van der Waals surface area contributed by atoms with E-state index in [2.05, 4.69) is 39.2 Å². The topological polar surface area (TPSA) is 53.9 Å². The molecule has 1 aromatic rings. The minimum atomic E-state index is 0.675. The van der Waals surface area contributed by atoms with E-state index in [1.807, 2.05) is 0 Å². The average molecular weight is 277 g/mol. The Morgan fingerprint density at radius 2 is 1.65 bits per heavy atom. The van der Waals surface area contributed by atoms with Crippen molar-refractivity contribution < 1.29 is 0 Å². The van der Waals surface area contributed by atoms with Crippen molar-refractivity contribution in [2.24, 2.45) is 0 Å². The van der Waals surface area contributed by atoms with E-state index in [4.69, 9.17) is 0 Å². The second kappa shape index (κ2) is 8.15. The second-order valence-electron chi connectivity index (χ2n) is 5.42. The monoisotopic (exact) mass is 277 g/mol. The summed E-state index contributed by atoms with van der Waals surface area (Å²) in [6, 6.07) is 0. The first-order chi connectivity index (χ1) is 9.83. The fourth-order valence-corrected chi connectivity index (χ4v) is 2.70. The molecule has 1 aliphatic rings. The van der Waals surface area contributed by atoms with Crippen LogP contribution in [-0.2, 0) is 12.8 Å². The van der Waals surface area contributed by atoms with Gasteiger partial charge in [0.05, 0.1) is 11.4 Å². The van der Waals surface area contributed by atoms with Gasteiger partial charge in [0.1, 0.15) is 0 Å². The number of aryl methyl sites for hydroxylation is 2. The van der Waals surface area contributed by atoms with Crippen molar-refractivity contribution in [1.29, 1.82) is 0 Å². The maximum Gasteiger partial charge on any atom is 0.243 e. The van der Waals surface area contributed by atoms with E-state index in [-0.39, 0.29) is 0 Å². The number of likely N-dealkylation sites (tertiary alicyclic amines) is 1. The second-order valence-corrected chi connectivity index (χ2v) is 5.42. The predicted molar refractivity (Wildman–Crippen MR) is 82.0 cm³/mol. The highest BCUT2D eigenvalue weighted by Crippen LogP contribution is 2.09. The standard InChI is InChI=1S/C15H27N5/c1-3-13-14(4-2)18-19-15(17-13)16-9-12-20-10-7-5-6-8-11-20/h3-12H2,1-2H3,(H,16,17,19). The van der Waals surface area contributed by atoms with Crippen LogP contribution in [0.5, 0.6) is 0 Å². The number of anilines is 1. The van der Waals surface area contributed by atoms with Crippen molar-refractivity contribution in [3.63, 3.8) is 0 Å². The molecule has 20 heavy (non-hydrogen) atoms. The van der Waals surface area contributed by atoms with Gasteiger partial charge in [-0.3, -0.25) is 0 Å². The molecule has 1 N–H and O–H groups in total. The minimum Gasteiger partial charge on any atom is -0.352 e. The number of nitrogens with one attached hydrogen (secondary N) is 1. The summed E-state index contributed by atoms with van der Waals surface area (Å²) >= 11 is 0. The third kappa shape index (κ3) is 4.40. The zero-order chi connectivity index (χ0) is 14.2. The van der Waals surface area contributed by atoms with Gasteiger partial charge in [0.2, 0.25) is 5.95 Å². The van der Waals surface area contributed by atoms with Gasteiger partial charge in [-0.15, -0.1) is 5.10 Å². The van der Waals surface area contributed by atoms with Gasteiger partial charge in [0, 0.05) is 13.1 Å². The zero-order valence-corrected chi connectivity index (χ0v) is 12.9. The van der Waals surface area contributed by atoms with Gasteiger partial charge in [0.25, 0.3) is 0 Å². The summed E-state index contributed by atoms with van der Waals surface area (Å²) in [7, 11) is 0. The van der Waals surface area contributed by atoms with Crippen molar-refractivity contribution in [3.05, 3.63) is 11.4 Å². The summed E-state index contributed by atoms with van der Waals surface area (Å²) in [5.41, 5.74) is 2.09. The van der Waals surface area contributed by atoms with Crippen molar-refractivity contribution in [2.75, 3.05) is 31.5 Å². The lowest BCUT2D eigenvalue weighted by Gasteiger charge is -2.19. The van der Waals surface area contributed by atoms with Crippen LogP contribution in [-0.4, -0.2) is 46.3 Å². The third-order valence-corrected chi connectivity index (χ3v) is 3.92. The van der Waals surface area contributed by atoms with Gasteiger partial charge in [-0.1, -0.05) is 26.7 Å². The lowest BCUT2D eigenvalue weighted by molar-refractivity contribution is 0.296. The van der Waals surface area contributed by atoms with Crippen LogP contribution in [0.1, 0.15) is 50.9 Å². The summed E-state index contributed by atoms with van der Waals surface area (Å²) in [5, 5.41) is 11.7. The molecular weight excluding hydrogens is 250 g/mol. The minimum absolute atomic E-state index is 0.675. The highest BCUT2D eigenvalue weighted by atomic mass is 15.2. The van der Waals surface area contributed by atoms with Crippen LogP contribution in [0, 0.1) is 0 Å². The highest BCUT2D eigenvalue weighted by molar-refractivity contribution is 5.25. The molecule has 5 nitrogen and oxygen atoms in total. The Morgan fingerprint density at radius 1 is 0.950 bits per heavy atom. The van der Waals surface area contributed by atoms with E-state index < -0.39 is 0 Å². The Bertz CT molecular complexity index is 399. The van der Waals surface area contributed by atoms with Crippen molar-refractivity contribution in [2.45, 2.75) is 52.4 Å². The van der Waals surface area contributed by atoms with E-state index in [0.29, 0.717) is 5.95 Å². The van der Waals surface area contributed by atoms with Crippen molar-refractivity contribution in [3.8, 4) is 0 Å². The lowest BCUT2D eigenvalue weighted by atomic mass is 10.2. The summed E-state index contributed by atoms with van der Waals surface area (Å²) in [6.45, 7) is 8.64. The molecule has 2 rings (SSSR count). The van der Waals surface area contributed by atoms with Crippen LogP contribution in [0.25, 0.3) is 0 Å². The van der Waals surface area contributed by atoms with E-state index in [9.17, 15) is 0 Å². The molecule has 1 aromatic heterocycles. The highest BCUT2D eigenvalue weighted by Gasteiger charge is 2.09. The van der Waals surface area contributed by atoms with E-state index >= 15 is 0 Å². The summed E-state index contributed by atoms with van der Waals surface area (Å²) in [6.07, 6.45) is 7.26. The summed E-state index contributed by atoms with van der Waals surface area (Å²) in [5.74, 6) is 0.675. The number of hydrogen-bond donors (Lipinski definition) is 1. The predicted octanol–water partition coefficient (Wildman–Crippen LogP) is 2.28. The maximum absolute atomic E-state index is 4.56. The first-order valence-corrected chi connectivity index (χ1v) is 8.02. The van der Waals surface area contributed by atoms with E-state index in [0.717, 1.165) is 37.3 Å². The first-order valence-electron chi connectivity index (χ1n) is 8.02. The molecular formula is C15H27N5. The Hall–Kier alpha value is -1.23. The summed E-state index contributed by atoms with van der Waals surface area (Å²) in [4.78, 5) is 7.10. The molecule has 0 radical (unpaired) electrons. The van der Waals surface area contributed by atoms with Gasteiger partial charge in [-0.2, -0.15) is 5.10 Å². The normalized spacial score (nSPS) is 16.9. The molecule has 0 spiro atoms. The fraction of sp³-hybridized carbons (Fsp3) is 0.800. The molecule has 0 saturated carbocycles. The fourth-order valence-electron chi connectivity index (χ4n) is 2.70. The Balaban J connectivity index is 1.81. The van der Waals surface area contributed by atoms with Crippen LogP contribution in [0.15, 0.2) is 0 Å². The zero-order valence-electron chi connectivity index (χ0n) is 12.9. The van der Waals surface area contributed by atoms with Crippen LogP contribution >= 0.6 is 0 Å². The molecule has 0 bridgehead atoms. The third-order valence-electron chi connectivity index (χ3n) is 3.92. The van der Waals surface area contributed by atoms with Gasteiger partial charge in [-0.05, 0) is 38.8 Å². The first kappa shape index (κ1) is 15.2.